The molecule has 1 saturated heterocycles. The van der Waals surface area contributed by atoms with E-state index in [1.165, 1.54) is 0 Å². The maximum Gasteiger partial charge on any atom is 0.340 e. The molecule has 0 saturated carbocycles. The molecule has 2 heterocycles. The van der Waals surface area contributed by atoms with Crippen molar-refractivity contribution in [3.63, 3.8) is 0 Å². The lowest BCUT2D eigenvalue weighted by Gasteiger charge is -2.34. The summed E-state index contributed by atoms with van der Waals surface area (Å²) in [5.41, 5.74) is 2.42. The zero-order valence-electron chi connectivity index (χ0n) is 18.0. The summed E-state index contributed by atoms with van der Waals surface area (Å²) in [6, 6.07) is 9.52. The van der Waals surface area contributed by atoms with Gasteiger partial charge in [-0.2, -0.15) is 0 Å². The summed E-state index contributed by atoms with van der Waals surface area (Å²) >= 11 is 6.13. The van der Waals surface area contributed by atoms with Crippen molar-refractivity contribution in [1.82, 2.24) is 14.8 Å². The second kappa shape index (κ2) is 9.67. The van der Waals surface area contributed by atoms with Gasteiger partial charge in [-0.25, -0.2) is 4.79 Å². The molecule has 1 aliphatic rings. The highest BCUT2D eigenvalue weighted by Crippen LogP contribution is 2.31. The van der Waals surface area contributed by atoms with Gasteiger partial charge in [0, 0.05) is 43.3 Å². The number of hydrogen-bond acceptors (Lipinski definition) is 4. The Morgan fingerprint density at radius 1 is 1.27 bits per heavy atom. The van der Waals surface area contributed by atoms with Gasteiger partial charge in [0.2, 0.25) is 5.91 Å². The first-order valence-electron chi connectivity index (χ1n) is 10.4. The molecule has 0 aliphatic carbocycles. The van der Waals surface area contributed by atoms with Crippen molar-refractivity contribution in [3.8, 4) is 0 Å². The molecule has 1 aromatic heterocycles. The summed E-state index contributed by atoms with van der Waals surface area (Å²) in [7, 11) is 1.83. The van der Waals surface area contributed by atoms with Crippen LogP contribution in [0, 0.1) is 0 Å². The van der Waals surface area contributed by atoms with E-state index >= 15 is 0 Å². The number of halogens is 1. The quantitative estimate of drug-likeness (QED) is 0.667. The van der Waals surface area contributed by atoms with Gasteiger partial charge in [-0.05, 0) is 51.0 Å². The number of aromatic nitrogens is 1. The van der Waals surface area contributed by atoms with E-state index in [1.807, 2.05) is 43.6 Å². The summed E-state index contributed by atoms with van der Waals surface area (Å²) in [6.45, 7) is 6.93. The third-order valence-electron chi connectivity index (χ3n) is 5.51. The van der Waals surface area contributed by atoms with E-state index < -0.39 is 0 Å². The number of hydrogen-bond donors (Lipinski definition) is 1. The first-order chi connectivity index (χ1) is 14.3. The Kier molecular flexibility index (Phi) is 7.21. The smallest absolute Gasteiger partial charge is 0.340 e. The Hall–Kier alpha value is -2.31. The van der Waals surface area contributed by atoms with Crippen LogP contribution in [-0.2, 0) is 9.53 Å². The van der Waals surface area contributed by atoms with Crippen LogP contribution in [0.15, 0.2) is 36.5 Å². The van der Waals surface area contributed by atoms with Crippen molar-refractivity contribution in [1.29, 1.82) is 0 Å². The molecule has 1 aliphatic heterocycles. The minimum atomic E-state index is -0.330. The van der Waals surface area contributed by atoms with Gasteiger partial charge < -0.3 is 19.5 Å². The monoisotopic (exact) mass is 431 g/mol. The number of rotatable bonds is 7. The van der Waals surface area contributed by atoms with Crippen molar-refractivity contribution in [2.24, 2.45) is 0 Å². The molecule has 2 atom stereocenters. The average molecular weight is 432 g/mol. The number of piperidine rings is 1. The van der Waals surface area contributed by atoms with Crippen LogP contribution in [0.2, 0.25) is 5.02 Å². The third-order valence-corrected chi connectivity index (χ3v) is 5.77. The summed E-state index contributed by atoms with van der Waals surface area (Å²) < 4.78 is 7.44. The number of likely N-dealkylation sites (tertiary alicyclic amines) is 1. The second-order valence-electron chi connectivity index (χ2n) is 8.00. The second-order valence-corrected chi connectivity index (χ2v) is 8.43. The van der Waals surface area contributed by atoms with Crippen molar-refractivity contribution in [3.05, 3.63) is 58.4 Å². The first kappa shape index (κ1) is 22.4. The average Bonchev–Trinajstić information content (AvgIpc) is 3.15. The van der Waals surface area contributed by atoms with Gasteiger partial charge >= 0.3 is 5.97 Å². The van der Waals surface area contributed by atoms with E-state index in [4.69, 9.17) is 16.3 Å². The molecular formula is C23H30ClN3O3. The Morgan fingerprint density at radius 3 is 2.57 bits per heavy atom. The molecule has 0 spiro atoms. The molecule has 2 aromatic rings. The molecule has 30 heavy (non-hydrogen) atoms. The maximum absolute atomic E-state index is 12.7. The number of carbonyl (C=O) groups is 2. The van der Waals surface area contributed by atoms with Gasteiger partial charge in [-0.1, -0.05) is 23.7 Å². The summed E-state index contributed by atoms with van der Waals surface area (Å²) in [5.74, 6) is -0.169. The van der Waals surface area contributed by atoms with Crippen molar-refractivity contribution < 1.29 is 14.3 Å². The fraction of sp³-hybridized carbons (Fsp3) is 0.478. The van der Waals surface area contributed by atoms with E-state index in [0.29, 0.717) is 30.2 Å². The predicted molar refractivity (Wildman–Crippen MR) is 118 cm³/mol. The van der Waals surface area contributed by atoms with Crippen LogP contribution < -0.4 is 5.32 Å². The number of esters is 1. The molecule has 0 bridgehead atoms. The van der Waals surface area contributed by atoms with Gasteiger partial charge in [0.1, 0.15) is 0 Å². The van der Waals surface area contributed by atoms with Crippen LogP contribution in [-0.4, -0.2) is 47.6 Å². The van der Waals surface area contributed by atoms with Gasteiger partial charge in [0.25, 0.3) is 0 Å². The number of carbonyl (C=O) groups excluding carboxylic acids is 2. The maximum atomic E-state index is 12.7. The van der Waals surface area contributed by atoms with Gasteiger partial charge in [-0.3, -0.25) is 4.79 Å². The van der Waals surface area contributed by atoms with Crippen LogP contribution in [0.3, 0.4) is 0 Å². The number of benzene rings is 1. The molecule has 162 valence electrons. The van der Waals surface area contributed by atoms with Crippen LogP contribution in [0.5, 0.6) is 0 Å². The third kappa shape index (κ3) is 4.87. The Bertz CT molecular complexity index is 892. The molecule has 6 nitrogen and oxygen atoms in total. The molecule has 7 heteroatoms. The summed E-state index contributed by atoms with van der Waals surface area (Å²) in [6.07, 6.45) is 3.20. The molecule has 1 aromatic carbocycles. The lowest BCUT2D eigenvalue weighted by molar-refractivity contribution is -0.132. The molecule has 3 rings (SSSR count). The fourth-order valence-electron chi connectivity index (χ4n) is 3.97. The standard InChI is InChI=1S/C23H30ClN3O3/c1-5-30-23(29)19-12-13-27(15(2)3)22(19)21(16-6-8-17(24)9-7-16)25-18-10-11-20(28)26(4)14-18/h6-9,12-13,15,18,21,25H,5,10-11,14H2,1-4H3. The van der Waals surface area contributed by atoms with Crippen molar-refractivity contribution >= 4 is 23.5 Å². The lowest BCUT2D eigenvalue weighted by atomic mass is 9.97. The summed E-state index contributed by atoms with van der Waals surface area (Å²) in [5, 5.41) is 4.37. The molecular weight excluding hydrogens is 402 g/mol. The number of amides is 1. The van der Waals surface area contributed by atoms with Crippen LogP contribution in [0.4, 0.5) is 0 Å². The normalized spacial score (nSPS) is 18.0. The molecule has 2 unspecified atom stereocenters. The number of likely N-dealkylation sites (N-methyl/N-ethyl adjacent to an activating group) is 1. The minimum absolute atomic E-state index is 0.110. The van der Waals surface area contributed by atoms with E-state index in [2.05, 4.69) is 23.7 Å². The first-order valence-corrected chi connectivity index (χ1v) is 10.8. The number of nitrogens with one attached hydrogen (secondary N) is 1. The van der Waals surface area contributed by atoms with E-state index in [-0.39, 0.29) is 30.0 Å². The topological polar surface area (TPSA) is 63.6 Å². The minimum Gasteiger partial charge on any atom is -0.462 e. The predicted octanol–water partition coefficient (Wildman–Crippen LogP) is 4.20. The fourth-order valence-corrected chi connectivity index (χ4v) is 4.09. The molecule has 0 radical (unpaired) electrons. The molecule has 1 N–H and O–H groups in total. The van der Waals surface area contributed by atoms with Crippen molar-refractivity contribution in [2.75, 3.05) is 20.2 Å². The van der Waals surface area contributed by atoms with Gasteiger partial charge in [0.15, 0.2) is 0 Å². The summed E-state index contributed by atoms with van der Waals surface area (Å²) in [4.78, 5) is 26.4. The highest BCUT2D eigenvalue weighted by molar-refractivity contribution is 6.30. The van der Waals surface area contributed by atoms with Crippen LogP contribution in [0.25, 0.3) is 0 Å². The highest BCUT2D eigenvalue weighted by Gasteiger charge is 2.31. The lowest BCUT2D eigenvalue weighted by Crippen LogP contribution is -2.48. The van der Waals surface area contributed by atoms with Crippen LogP contribution in [0.1, 0.15) is 67.3 Å². The Balaban J connectivity index is 2.05. The van der Waals surface area contributed by atoms with Crippen molar-refractivity contribution in [2.45, 2.75) is 51.7 Å². The Labute approximate surface area is 183 Å². The van der Waals surface area contributed by atoms with E-state index in [1.54, 1.807) is 11.8 Å². The zero-order chi connectivity index (χ0) is 21.8. The zero-order valence-corrected chi connectivity index (χ0v) is 18.8. The number of nitrogens with zero attached hydrogens (tertiary/aromatic N) is 2. The Morgan fingerprint density at radius 2 is 1.97 bits per heavy atom. The largest absolute Gasteiger partial charge is 0.462 e. The SMILES string of the molecule is CCOC(=O)c1ccn(C(C)C)c1C(NC1CCC(=O)N(C)C1)c1ccc(Cl)cc1. The highest BCUT2D eigenvalue weighted by atomic mass is 35.5. The number of ether oxygens (including phenoxy) is 1. The van der Waals surface area contributed by atoms with E-state index in [0.717, 1.165) is 17.7 Å². The van der Waals surface area contributed by atoms with E-state index in [9.17, 15) is 9.59 Å². The molecule has 1 fully saturated rings. The van der Waals surface area contributed by atoms with Crippen LogP contribution >= 0.6 is 11.6 Å². The van der Waals surface area contributed by atoms with Gasteiger partial charge in [-0.15, -0.1) is 0 Å². The molecule has 1 amide bonds. The van der Waals surface area contributed by atoms with Gasteiger partial charge in [0.05, 0.1) is 23.9 Å².